The highest BCUT2D eigenvalue weighted by Gasteiger charge is 2.01. The molecule has 0 aliphatic carbocycles. The van der Waals surface area contributed by atoms with E-state index in [0.717, 1.165) is 26.3 Å². The Bertz CT molecular complexity index is 479. The van der Waals surface area contributed by atoms with Crippen molar-refractivity contribution in [1.29, 1.82) is 0 Å². The van der Waals surface area contributed by atoms with E-state index in [1.807, 2.05) is 37.3 Å². The van der Waals surface area contributed by atoms with Gasteiger partial charge >= 0.3 is 0 Å². The molecule has 2 nitrogen and oxygen atoms in total. The van der Waals surface area contributed by atoms with Gasteiger partial charge in [0.25, 0.3) is 0 Å². The molecule has 0 bridgehead atoms. The molecular formula is C11H11ClN2S. The lowest BCUT2D eigenvalue weighted by Crippen LogP contribution is -1.94. The molecule has 4 heteroatoms. The van der Waals surface area contributed by atoms with Gasteiger partial charge < -0.3 is 11.1 Å². The number of aryl methyl sites for hydroxylation is 1. The van der Waals surface area contributed by atoms with E-state index in [4.69, 9.17) is 17.3 Å². The molecule has 1 heterocycles. The molecule has 0 fully saturated rings. The fourth-order valence-corrected chi connectivity index (χ4v) is 2.27. The molecule has 2 aromatic rings. The summed E-state index contributed by atoms with van der Waals surface area (Å²) in [5, 5.41) is 4.23. The Balaban J connectivity index is 2.24. The zero-order valence-corrected chi connectivity index (χ0v) is 9.82. The van der Waals surface area contributed by atoms with Crippen LogP contribution in [0.5, 0.6) is 0 Å². The molecule has 0 saturated carbocycles. The number of nitrogens with two attached hydrogens (primary N) is 1. The standard InChI is InChI=1S/C11H11ClN2S/c1-7-2-3-9(8(13)6-7)14-11-5-4-10(12)15-11/h2-6,14H,13H2,1H3. The lowest BCUT2D eigenvalue weighted by atomic mass is 10.2. The minimum atomic E-state index is 0.750. The second-order valence-corrected chi connectivity index (χ2v) is 5.03. The van der Waals surface area contributed by atoms with Gasteiger partial charge in [-0.3, -0.25) is 0 Å². The fraction of sp³-hybridized carbons (Fsp3) is 0.0909. The molecule has 0 aliphatic rings. The third-order valence-corrected chi connectivity index (χ3v) is 3.18. The largest absolute Gasteiger partial charge is 0.397 e. The van der Waals surface area contributed by atoms with Gasteiger partial charge in [0, 0.05) is 0 Å². The van der Waals surface area contributed by atoms with Crippen LogP contribution in [-0.2, 0) is 0 Å². The van der Waals surface area contributed by atoms with E-state index in [-0.39, 0.29) is 0 Å². The second kappa shape index (κ2) is 4.13. The van der Waals surface area contributed by atoms with Crippen molar-refractivity contribution in [1.82, 2.24) is 0 Å². The summed E-state index contributed by atoms with van der Waals surface area (Å²) in [6.45, 7) is 2.02. The summed E-state index contributed by atoms with van der Waals surface area (Å²) in [6, 6.07) is 9.73. The molecule has 0 radical (unpaired) electrons. The predicted molar refractivity (Wildman–Crippen MR) is 68.2 cm³/mol. The number of halogens is 1. The minimum absolute atomic E-state index is 0.750. The van der Waals surface area contributed by atoms with E-state index in [0.29, 0.717) is 0 Å². The normalized spacial score (nSPS) is 10.3. The smallest absolute Gasteiger partial charge is 0.0950 e. The van der Waals surface area contributed by atoms with Crippen LogP contribution >= 0.6 is 22.9 Å². The van der Waals surface area contributed by atoms with Crippen molar-refractivity contribution >= 4 is 39.3 Å². The van der Waals surface area contributed by atoms with Crippen molar-refractivity contribution < 1.29 is 0 Å². The van der Waals surface area contributed by atoms with Crippen molar-refractivity contribution in [3.63, 3.8) is 0 Å². The van der Waals surface area contributed by atoms with Crippen LogP contribution < -0.4 is 11.1 Å². The monoisotopic (exact) mass is 238 g/mol. The summed E-state index contributed by atoms with van der Waals surface area (Å²) in [4.78, 5) is 0. The van der Waals surface area contributed by atoms with Crippen LogP contribution in [0.3, 0.4) is 0 Å². The summed E-state index contributed by atoms with van der Waals surface area (Å²) in [5.74, 6) is 0. The van der Waals surface area contributed by atoms with E-state index >= 15 is 0 Å². The molecule has 0 unspecified atom stereocenters. The van der Waals surface area contributed by atoms with Gasteiger partial charge in [0.15, 0.2) is 0 Å². The van der Waals surface area contributed by atoms with Crippen molar-refractivity contribution in [2.75, 3.05) is 11.1 Å². The topological polar surface area (TPSA) is 38.0 Å². The van der Waals surface area contributed by atoms with Crippen molar-refractivity contribution in [2.24, 2.45) is 0 Å². The van der Waals surface area contributed by atoms with Crippen LogP contribution in [0.25, 0.3) is 0 Å². The van der Waals surface area contributed by atoms with Gasteiger partial charge in [-0.1, -0.05) is 17.7 Å². The van der Waals surface area contributed by atoms with Gasteiger partial charge in [-0.25, -0.2) is 0 Å². The molecule has 0 atom stereocenters. The third kappa shape index (κ3) is 2.43. The molecule has 78 valence electrons. The summed E-state index contributed by atoms with van der Waals surface area (Å²) in [6.07, 6.45) is 0. The summed E-state index contributed by atoms with van der Waals surface area (Å²) in [5.41, 5.74) is 8.71. The third-order valence-electron chi connectivity index (χ3n) is 2.04. The molecule has 1 aromatic heterocycles. The Morgan fingerprint density at radius 3 is 2.67 bits per heavy atom. The zero-order chi connectivity index (χ0) is 10.8. The lowest BCUT2D eigenvalue weighted by molar-refractivity contribution is 1.46. The molecule has 0 saturated heterocycles. The highest BCUT2D eigenvalue weighted by atomic mass is 35.5. The van der Waals surface area contributed by atoms with Crippen LogP contribution in [0.1, 0.15) is 5.56 Å². The predicted octanol–water partition coefficient (Wildman–Crippen LogP) is 4.04. The van der Waals surface area contributed by atoms with Crippen LogP contribution in [0.2, 0.25) is 4.34 Å². The number of nitrogen functional groups attached to an aromatic ring is 1. The first-order valence-corrected chi connectivity index (χ1v) is 5.73. The Morgan fingerprint density at radius 1 is 1.27 bits per heavy atom. The Morgan fingerprint density at radius 2 is 2.07 bits per heavy atom. The quantitative estimate of drug-likeness (QED) is 0.775. The fourth-order valence-electron chi connectivity index (χ4n) is 1.31. The van der Waals surface area contributed by atoms with Gasteiger partial charge in [0.2, 0.25) is 0 Å². The summed E-state index contributed by atoms with van der Waals surface area (Å²) < 4.78 is 0.767. The number of rotatable bonds is 2. The minimum Gasteiger partial charge on any atom is -0.397 e. The lowest BCUT2D eigenvalue weighted by Gasteiger charge is -2.07. The van der Waals surface area contributed by atoms with E-state index in [9.17, 15) is 0 Å². The summed E-state index contributed by atoms with van der Waals surface area (Å²) in [7, 11) is 0. The number of benzene rings is 1. The maximum atomic E-state index is 5.89. The van der Waals surface area contributed by atoms with E-state index in [1.54, 1.807) is 0 Å². The van der Waals surface area contributed by atoms with E-state index < -0.39 is 0 Å². The maximum absolute atomic E-state index is 5.89. The van der Waals surface area contributed by atoms with Crippen LogP contribution in [-0.4, -0.2) is 0 Å². The van der Waals surface area contributed by atoms with Crippen molar-refractivity contribution in [2.45, 2.75) is 6.92 Å². The van der Waals surface area contributed by atoms with Crippen LogP contribution in [0.15, 0.2) is 30.3 Å². The highest BCUT2D eigenvalue weighted by molar-refractivity contribution is 7.19. The highest BCUT2D eigenvalue weighted by Crippen LogP contribution is 2.31. The van der Waals surface area contributed by atoms with Crippen LogP contribution in [0, 0.1) is 6.92 Å². The Labute approximate surface area is 97.7 Å². The van der Waals surface area contributed by atoms with E-state index in [2.05, 4.69) is 5.32 Å². The molecule has 15 heavy (non-hydrogen) atoms. The van der Waals surface area contributed by atoms with Crippen LogP contribution in [0.4, 0.5) is 16.4 Å². The molecule has 2 rings (SSSR count). The number of hydrogen-bond donors (Lipinski definition) is 2. The number of thiophene rings is 1. The molecule has 0 aliphatic heterocycles. The molecule has 3 N–H and O–H groups in total. The number of nitrogens with one attached hydrogen (secondary N) is 1. The zero-order valence-electron chi connectivity index (χ0n) is 8.25. The molecule has 0 spiro atoms. The number of hydrogen-bond acceptors (Lipinski definition) is 3. The van der Waals surface area contributed by atoms with Gasteiger partial charge in [-0.2, -0.15) is 0 Å². The van der Waals surface area contributed by atoms with Gasteiger partial charge in [-0.15, -0.1) is 11.3 Å². The van der Waals surface area contributed by atoms with Gasteiger partial charge in [-0.05, 0) is 36.8 Å². The molecule has 0 amide bonds. The maximum Gasteiger partial charge on any atom is 0.0950 e. The molecular weight excluding hydrogens is 228 g/mol. The Kier molecular flexibility index (Phi) is 2.84. The Hall–Kier alpha value is -1.19. The average molecular weight is 239 g/mol. The summed E-state index contributed by atoms with van der Waals surface area (Å²) >= 11 is 7.33. The first-order valence-electron chi connectivity index (χ1n) is 4.53. The SMILES string of the molecule is Cc1ccc(Nc2ccc(Cl)s2)c(N)c1. The number of anilines is 3. The first kappa shape index (κ1) is 10.3. The van der Waals surface area contributed by atoms with Gasteiger partial charge in [0.1, 0.15) is 0 Å². The average Bonchev–Trinajstić information content (AvgIpc) is 2.56. The van der Waals surface area contributed by atoms with Gasteiger partial charge in [0.05, 0.1) is 20.7 Å². The van der Waals surface area contributed by atoms with E-state index in [1.165, 1.54) is 11.3 Å². The van der Waals surface area contributed by atoms with Crippen molar-refractivity contribution in [3.05, 3.63) is 40.2 Å². The first-order chi connectivity index (χ1) is 7.15. The molecule has 1 aromatic carbocycles. The van der Waals surface area contributed by atoms with Crippen molar-refractivity contribution in [3.8, 4) is 0 Å². The second-order valence-electron chi connectivity index (χ2n) is 3.32.